The second-order valence-electron chi connectivity index (χ2n) is 12.3. The second kappa shape index (κ2) is 13.6. The molecular formula is C38H40F2N4O4. The molecule has 8 nitrogen and oxygen atoms in total. The molecule has 3 aliphatic rings. The van der Waals surface area contributed by atoms with Gasteiger partial charge in [-0.05, 0) is 85.7 Å². The van der Waals surface area contributed by atoms with Gasteiger partial charge in [0, 0.05) is 36.0 Å². The lowest BCUT2D eigenvalue weighted by Crippen LogP contribution is -2.39. The van der Waals surface area contributed by atoms with Crippen LogP contribution in [0.4, 0.5) is 20.2 Å². The lowest BCUT2D eigenvalue weighted by atomic mass is 9.93. The Morgan fingerprint density at radius 3 is 2.21 bits per heavy atom. The molecule has 0 bridgehead atoms. The molecule has 2 amide bonds. The van der Waals surface area contributed by atoms with Gasteiger partial charge < -0.3 is 24.6 Å². The average molecular weight is 655 g/mol. The number of likely N-dealkylation sites (tertiary alicyclic amines) is 1. The van der Waals surface area contributed by atoms with Crippen LogP contribution >= 0.6 is 0 Å². The summed E-state index contributed by atoms with van der Waals surface area (Å²) in [5.74, 6) is -0.601. The van der Waals surface area contributed by atoms with Gasteiger partial charge in [-0.1, -0.05) is 19.9 Å². The summed E-state index contributed by atoms with van der Waals surface area (Å²) in [5.41, 5.74) is 3.31. The number of rotatable bonds is 8. The zero-order valence-electron chi connectivity index (χ0n) is 27.7. The molecule has 3 heterocycles. The van der Waals surface area contributed by atoms with Crippen molar-refractivity contribution < 1.29 is 27.8 Å². The Labute approximate surface area is 279 Å². The predicted octanol–water partition coefficient (Wildman–Crippen LogP) is 7.99. The third-order valence-electron chi connectivity index (χ3n) is 9.49. The number of hydrogen-bond donors (Lipinski definition) is 1. The van der Waals surface area contributed by atoms with Crippen molar-refractivity contribution in [1.29, 1.82) is 0 Å². The van der Waals surface area contributed by atoms with Crippen LogP contribution in [0.15, 0.2) is 66.7 Å². The van der Waals surface area contributed by atoms with Gasteiger partial charge in [0.15, 0.2) is 0 Å². The Morgan fingerprint density at radius 2 is 1.58 bits per heavy atom. The van der Waals surface area contributed by atoms with Crippen molar-refractivity contribution in [2.24, 2.45) is 5.41 Å². The van der Waals surface area contributed by atoms with Crippen molar-refractivity contribution in [3.8, 4) is 22.8 Å². The molecule has 0 atom stereocenters. The van der Waals surface area contributed by atoms with Crippen LogP contribution in [0.5, 0.6) is 11.5 Å². The summed E-state index contributed by atoms with van der Waals surface area (Å²) < 4.78 is 40.7. The van der Waals surface area contributed by atoms with Crippen molar-refractivity contribution in [2.45, 2.75) is 52.6 Å². The smallest absolute Gasteiger partial charge is 0.258 e. The monoisotopic (exact) mass is 654 g/mol. The van der Waals surface area contributed by atoms with E-state index in [1.807, 2.05) is 24.8 Å². The van der Waals surface area contributed by atoms with Gasteiger partial charge in [0.1, 0.15) is 23.1 Å². The normalized spacial score (nSPS) is 15.8. The van der Waals surface area contributed by atoms with Crippen LogP contribution in [0, 0.1) is 17.0 Å². The molecule has 4 aromatic rings. The molecule has 2 fully saturated rings. The zero-order chi connectivity index (χ0) is 34.0. The first kappa shape index (κ1) is 32.9. The fraction of sp³-hybridized carbons (Fsp3) is 0.342. The van der Waals surface area contributed by atoms with E-state index in [1.165, 1.54) is 37.1 Å². The number of halogens is 2. The van der Waals surface area contributed by atoms with Gasteiger partial charge in [-0.3, -0.25) is 9.59 Å². The fourth-order valence-corrected chi connectivity index (χ4v) is 6.54. The van der Waals surface area contributed by atoms with Crippen molar-refractivity contribution >= 4 is 23.2 Å². The van der Waals surface area contributed by atoms with Crippen molar-refractivity contribution in [2.75, 3.05) is 32.6 Å². The number of pyridine rings is 1. The molecule has 1 spiro atoms. The topological polar surface area (TPSA) is 84.0 Å². The number of fused-ring (bicyclic) bond motifs is 1. The molecule has 1 N–H and O–H groups in total. The number of methoxy groups -OCH3 is 2. The van der Waals surface area contributed by atoms with E-state index in [9.17, 15) is 18.4 Å². The van der Waals surface area contributed by atoms with Crippen LogP contribution in [-0.4, -0.2) is 53.9 Å². The summed E-state index contributed by atoms with van der Waals surface area (Å²) in [7, 11) is 3.11. The van der Waals surface area contributed by atoms with Gasteiger partial charge in [0.25, 0.3) is 11.8 Å². The van der Waals surface area contributed by atoms with Gasteiger partial charge >= 0.3 is 0 Å². The van der Waals surface area contributed by atoms with Crippen LogP contribution < -0.4 is 14.8 Å². The highest BCUT2D eigenvalue weighted by Gasteiger charge is 2.45. The van der Waals surface area contributed by atoms with Crippen LogP contribution in [0.2, 0.25) is 0 Å². The van der Waals surface area contributed by atoms with E-state index in [2.05, 4.69) is 10.3 Å². The first-order chi connectivity index (χ1) is 23.3. The first-order valence-corrected chi connectivity index (χ1v) is 16.4. The highest BCUT2D eigenvalue weighted by molar-refractivity contribution is 6.04. The minimum Gasteiger partial charge on any atom is -0.497 e. The lowest BCUT2D eigenvalue weighted by Gasteiger charge is -2.32. The Hall–Kier alpha value is -4.99. The van der Waals surface area contributed by atoms with Gasteiger partial charge in [-0.25, -0.2) is 13.8 Å². The van der Waals surface area contributed by atoms with Crippen LogP contribution in [-0.2, 0) is 13.1 Å². The van der Waals surface area contributed by atoms with Gasteiger partial charge in [-0.15, -0.1) is 0 Å². The molecule has 2 aliphatic heterocycles. The maximum Gasteiger partial charge on any atom is 0.258 e. The third-order valence-corrected chi connectivity index (χ3v) is 9.49. The van der Waals surface area contributed by atoms with Gasteiger partial charge in [0.2, 0.25) is 0 Å². The number of carbonyl (C=O) groups is 2. The standard InChI is InChI=1S/C36H34F2N4O4.C2H6/c1-45-25-11-8-23(31(18-25)46-2)20-42-21-30-33(35(42)44)29(19-28(40-30)32-26(37)4-3-5-27(32)38)39-24-9-6-22(7-10-24)34(43)41-16-14-36(12-13-36)15-17-41;1-2/h3-11,18-19H,12-17,20-21H2,1-2H3,(H,39,40);1-2H3. The highest BCUT2D eigenvalue weighted by Crippen LogP contribution is 2.53. The van der Waals surface area contributed by atoms with E-state index in [-0.39, 0.29) is 36.2 Å². The SMILES string of the molecule is CC.COc1ccc(CN2Cc3nc(-c4c(F)cccc4F)cc(Nc4ccc(C(=O)N5CCC6(CC5)CC6)cc4)c3C2=O)c(OC)c1. The summed E-state index contributed by atoms with van der Waals surface area (Å²) in [4.78, 5) is 35.2. The summed E-state index contributed by atoms with van der Waals surface area (Å²) in [5, 5.41) is 3.27. The van der Waals surface area contributed by atoms with Crippen molar-refractivity contribution in [1.82, 2.24) is 14.8 Å². The highest BCUT2D eigenvalue weighted by atomic mass is 19.1. The molecular weight excluding hydrogens is 614 g/mol. The van der Waals surface area contributed by atoms with Crippen molar-refractivity contribution in [3.63, 3.8) is 0 Å². The van der Waals surface area contributed by atoms with E-state index in [0.717, 1.165) is 31.5 Å². The molecule has 3 aromatic carbocycles. The fourth-order valence-electron chi connectivity index (χ4n) is 6.54. The first-order valence-electron chi connectivity index (χ1n) is 16.4. The van der Waals surface area contributed by atoms with Gasteiger partial charge in [0.05, 0.1) is 55.5 Å². The number of nitrogens with one attached hydrogen (secondary N) is 1. The molecule has 10 heteroatoms. The van der Waals surface area contributed by atoms with E-state index < -0.39 is 11.6 Å². The number of carbonyl (C=O) groups excluding carboxylic acids is 2. The summed E-state index contributed by atoms with van der Waals surface area (Å²) in [6.45, 7) is 5.91. The average Bonchev–Trinajstić information content (AvgIpc) is 3.79. The number of ether oxygens (including phenoxy) is 2. The quantitative estimate of drug-likeness (QED) is 0.207. The summed E-state index contributed by atoms with van der Waals surface area (Å²) >= 11 is 0. The maximum absolute atomic E-state index is 14.9. The molecule has 250 valence electrons. The molecule has 1 saturated carbocycles. The molecule has 1 aromatic heterocycles. The number of nitrogens with zero attached hydrogens (tertiary/aromatic N) is 3. The third kappa shape index (κ3) is 6.43. The molecule has 1 saturated heterocycles. The van der Waals surface area contributed by atoms with E-state index in [1.54, 1.807) is 55.5 Å². The number of aromatic nitrogens is 1. The molecule has 0 radical (unpaired) electrons. The Balaban J connectivity index is 0.00000197. The van der Waals surface area contributed by atoms with Gasteiger partial charge in [-0.2, -0.15) is 0 Å². The minimum absolute atomic E-state index is 0.00365. The molecule has 48 heavy (non-hydrogen) atoms. The molecule has 1 aliphatic carbocycles. The number of anilines is 2. The van der Waals surface area contributed by atoms with Crippen LogP contribution in [0.1, 0.15) is 71.5 Å². The number of amides is 2. The maximum atomic E-state index is 14.9. The Kier molecular flexibility index (Phi) is 9.35. The molecule has 0 unspecified atom stereocenters. The lowest BCUT2D eigenvalue weighted by molar-refractivity contribution is 0.0678. The number of piperidine rings is 1. The van der Waals surface area contributed by atoms with Crippen LogP contribution in [0.3, 0.4) is 0 Å². The molecule has 7 rings (SSSR count). The van der Waals surface area contributed by atoms with E-state index >= 15 is 0 Å². The van der Waals surface area contributed by atoms with Crippen molar-refractivity contribution in [3.05, 3.63) is 101 Å². The minimum atomic E-state index is -0.754. The zero-order valence-corrected chi connectivity index (χ0v) is 27.7. The largest absolute Gasteiger partial charge is 0.497 e. The summed E-state index contributed by atoms with van der Waals surface area (Å²) in [6.07, 6.45) is 4.67. The van der Waals surface area contributed by atoms with E-state index in [0.29, 0.717) is 45.1 Å². The summed E-state index contributed by atoms with van der Waals surface area (Å²) in [6, 6.07) is 17.6. The second-order valence-corrected chi connectivity index (χ2v) is 12.3. The predicted molar refractivity (Wildman–Crippen MR) is 181 cm³/mol. The number of benzene rings is 3. The van der Waals surface area contributed by atoms with Crippen LogP contribution in [0.25, 0.3) is 11.3 Å². The van der Waals surface area contributed by atoms with E-state index in [4.69, 9.17) is 9.47 Å². The number of hydrogen-bond acceptors (Lipinski definition) is 6. The Bertz CT molecular complexity index is 1810. The Morgan fingerprint density at radius 1 is 0.896 bits per heavy atom.